The zero-order chi connectivity index (χ0) is 16.7. The number of nitrogens with zero attached hydrogens (tertiary/aromatic N) is 1. The summed E-state index contributed by atoms with van der Waals surface area (Å²) in [4.78, 5) is 14.7. The van der Waals surface area contributed by atoms with Crippen molar-refractivity contribution in [3.63, 3.8) is 0 Å². The highest BCUT2D eigenvalue weighted by Gasteiger charge is 2.20. The van der Waals surface area contributed by atoms with Crippen molar-refractivity contribution >= 4 is 11.7 Å². The molecule has 0 saturated carbocycles. The van der Waals surface area contributed by atoms with Gasteiger partial charge in [0, 0.05) is 12.2 Å². The molecular weight excluding hydrogens is 288 g/mol. The highest BCUT2D eigenvalue weighted by Crippen LogP contribution is 2.21. The van der Waals surface area contributed by atoms with Gasteiger partial charge in [-0.2, -0.15) is 0 Å². The highest BCUT2D eigenvalue weighted by atomic mass is 16.5. The summed E-state index contributed by atoms with van der Waals surface area (Å²) in [5, 5.41) is 0. The first-order valence-electron chi connectivity index (χ1n) is 7.97. The summed E-state index contributed by atoms with van der Waals surface area (Å²) in [5.74, 6) is -0.328. The quantitative estimate of drug-likeness (QED) is 0.628. The Morgan fingerprint density at radius 2 is 1.65 bits per heavy atom. The van der Waals surface area contributed by atoms with Gasteiger partial charge in [0.15, 0.2) is 0 Å². The van der Waals surface area contributed by atoms with Gasteiger partial charge in [-0.1, -0.05) is 44.2 Å². The summed E-state index contributed by atoms with van der Waals surface area (Å²) in [7, 11) is 0. The first-order valence-corrected chi connectivity index (χ1v) is 7.97. The molecule has 1 atom stereocenters. The van der Waals surface area contributed by atoms with Gasteiger partial charge in [0.1, 0.15) is 6.10 Å². The number of rotatable bonds is 7. The molecule has 0 bridgehead atoms. The molecule has 122 valence electrons. The van der Waals surface area contributed by atoms with Crippen LogP contribution in [0.1, 0.15) is 35.9 Å². The van der Waals surface area contributed by atoms with Crippen LogP contribution in [0.3, 0.4) is 0 Å². The van der Waals surface area contributed by atoms with Crippen LogP contribution in [0.5, 0.6) is 0 Å². The molecule has 0 amide bonds. The van der Waals surface area contributed by atoms with Gasteiger partial charge in [0.05, 0.1) is 5.56 Å². The maximum Gasteiger partial charge on any atom is 0.338 e. The van der Waals surface area contributed by atoms with E-state index >= 15 is 0 Å². The molecule has 2 aromatic rings. The lowest BCUT2D eigenvalue weighted by atomic mass is 10.1. The molecule has 2 N–H and O–H groups in total. The Bertz CT molecular complexity index is 607. The number of carbonyl (C=O) groups excluding carboxylic acids is 1. The number of hydrogen-bond donors (Lipinski definition) is 1. The Labute approximate surface area is 137 Å². The average Bonchev–Trinajstić information content (AvgIpc) is 2.59. The third-order valence-corrected chi connectivity index (χ3v) is 3.89. The van der Waals surface area contributed by atoms with E-state index in [2.05, 4.69) is 18.7 Å². The largest absolute Gasteiger partial charge is 0.453 e. The molecule has 0 unspecified atom stereocenters. The molecule has 23 heavy (non-hydrogen) atoms. The number of benzene rings is 2. The smallest absolute Gasteiger partial charge is 0.338 e. The van der Waals surface area contributed by atoms with Crippen molar-refractivity contribution in [2.75, 3.05) is 25.4 Å². The standard InChI is InChI=1S/C19H24N2O2/c1-3-21(4-2)14-18(15-8-6-5-7-9-15)23-19(22)16-10-12-17(20)13-11-16/h5-13,18H,3-4,14,20H2,1-2H3/t18-/m0/s1. The van der Waals surface area contributed by atoms with Gasteiger partial charge >= 0.3 is 5.97 Å². The van der Waals surface area contributed by atoms with E-state index in [1.165, 1.54) is 0 Å². The predicted octanol–water partition coefficient (Wildman–Crippen LogP) is 3.51. The zero-order valence-electron chi connectivity index (χ0n) is 13.7. The van der Waals surface area contributed by atoms with Crippen molar-refractivity contribution in [1.29, 1.82) is 0 Å². The topological polar surface area (TPSA) is 55.6 Å². The third-order valence-electron chi connectivity index (χ3n) is 3.89. The minimum atomic E-state index is -0.328. The molecule has 4 heteroatoms. The monoisotopic (exact) mass is 312 g/mol. The van der Waals surface area contributed by atoms with Crippen molar-refractivity contribution < 1.29 is 9.53 Å². The van der Waals surface area contributed by atoms with Crippen molar-refractivity contribution in [3.8, 4) is 0 Å². The number of nitrogens with two attached hydrogens (primary N) is 1. The van der Waals surface area contributed by atoms with Crippen LogP contribution in [0.4, 0.5) is 5.69 Å². The molecule has 4 nitrogen and oxygen atoms in total. The fourth-order valence-electron chi connectivity index (χ4n) is 2.41. The van der Waals surface area contributed by atoms with Crippen LogP contribution in [0, 0.1) is 0 Å². The lowest BCUT2D eigenvalue weighted by molar-refractivity contribution is 0.0204. The molecule has 0 aliphatic carbocycles. The van der Waals surface area contributed by atoms with Gasteiger partial charge in [0.25, 0.3) is 0 Å². The third kappa shape index (κ3) is 4.83. The van der Waals surface area contributed by atoms with Gasteiger partial charge in [-0.05, 0) is 42.9 Å². The fourth-order valence-corrected chi connectivity index (χ4v) is 2.41. The first-order chi connectivity index (χ1) is 11.1. The van der Waals surface area contributed by atoms with E-state index in [1.807, 2.05) is 30.3 Å². The lowest BCUT2D eigenvalue weighted by Gasteiger charge is -2.25. The van der Waals surface area contributed by atoms with Gasteiger partial charge in [-0.25, -0.2) is 4.79 Å². The number of nitrogen functional groups attached to an aromatic ring is 1. The lowest BCUT2D eigenvalue weighted by Crippen LogP contribution is -2.30. The molecule has 0 spiro atoms. The fraction of sp³-hybridized carbons (Fsp3) is 0.316. The zero-order valence-corrected chi connectivity index (χ0v) is 13.7. The Kier molecular flexibility index (Phi) is 6.18. The maximum absolute atomic E-state index is 12.4. The van der Waals surface area contributed by atoms with Crippen LogP contribution < -0.4 is 5.73 Å². The number of carbonyl (C=O) groups is 1. The van der Waals surface area contributed by atoms with Crippen molar-refractivity contribution in [1.82, 2.24) is 4.90 Å². The van der Waals surface area contributed by atoms with E-state index in [0.29, 0.717) is 17.8 Å². The molecule has 0 aliphatic rings. The summed E-state index contributed by atoms with van der Waals surface area (Å²) in [6.45, 7) is 6.72. The van der Waals surface area contributed by atoms with E-state index in [0.717, 1.165) is 18.7 Å². The van der Waals surface area contributed by atoms with E-state index < -0.39 is 0 Å². The molecule has 2 aromatic carbocycles. The maximum atomic E-state index is 12.4. The molecule has 0 fully saturated rings. The Morgan fingerprint density at radius 3 is 2.22 bits per heavy atom. The average molecular weight is 312 g/mol. The van der Waals surface area contributed by atoms with Gasteiger partial charge < -0.3 is 10.5 Å². The van der Waals surface area contributed by atoms with Crippen LogP contribution in [-0.2, 0) is 4.74 Å². The number of likely N-dealkylation sites (N-methyl/N-ethyl adjacent to an activating group) is 1. The molecule has 2 rings (SSSR count). The molecular formula is C19H24N2O2. The summed E-state index contributed by atoms with van der Waals surface area (Å²) < 4.78 is 5.78. The Hall–Kier alpha value is -2.33. The van der Waals surface area contributed by atoms with Crippen LogP contribution in [0.15, 0.2) is 54.6 Å². The van der Waals surface area contributed by atoms with Crippen molar-refractivity contribution in [3.05, 3.63) is 65.7 Å². The molecule has 0 saturated heterocycles. The highest BCUT2D eigenvalue weighted by molar-refractivity contribution is 5.89. The summed E-state index contributed by atoms with van der Waals surface area (Å²) in [6.07, 6.45) is -0.291. The second kappa shape index (κ2) is 8.34. The van der Waals surface area contributed by atoms with Crippen LogP contribution in [0.25, 0.3) is 0 Å². The normalized spacial score (nSPS) is 12.1. The second-order valence-electron chi connectivity index (χ2n) is 5.41. The van der Waals surface area contributed by atoms with E-state index in [4.69, 9.17) is 10.5 Å². The minimum absolute atomic E-state index is 0.291. The van der Waals surface area contributed by atoms with Crippen LogP contribution in [-0.4, -0.2) is 30.5 Å². The number of ether oxygens (including phenoxy) is 1. The number of esters is 1. The van der Waals surface area contributed by atoms with E-state index in [9.17, 15) is 4.79 Å². The summed E-state index contributed by atoms with van der Waals surface area (Å²) in [6, 6.07) is 16.7. The van der Waals surface area contributed by atoms with Crippen molar-refractivity contribution in [2.24, 2.45) is 0 Å². The first kappa shape index (κ1) is 17.0. The van der Waals surface area contributed by atoms with Crippen LogP contribution >= 0.6 is 0 Å². The van der Waals surface area contributed by atoms with Gasteiger partial charge in [-0.3, -0.25) is 4.90 Å². The molecule has 0 radical (unpaired) electrons. The SMILES string of the molecule is CCN(CC)C[C@H](OC(=O)c1ccc(N)cc1)c1ccccc1. The second-order valence-corrected chi connectivity index (χ2v) is 5.41. The summed E-state index contributed by atoms with van der Waals surface area (Å²) in [5.41, 5.74) is 7.81. The summed E-state index contributed by atoms with van der Waals surface area (Å²) >= 11 is 0. The molecule has 0 heterocycles. The van der Waals surface area contributed by atoms with E-state index in [-0.39, 0.29) is 12.1 Å². The number of anilines is 1. The van der Waals surface area contributed by atoms with Gasteiger partial charge in [0.2, 0.25) is 0 Å². The molecule has 0 aromatic heterocycles. The van der Waals surface area contributed by atoms with Crippen molar-refractivity contribution in [2.45, 2.75) is 20.0 Å². The minimum Gasteiger partial charge on any atom is -0.453 e. The van der Waals surface area contributed by atoms with Gasteiger partial charge in [-0.15, -0.1) is 0 Å². The predicted molar refractivity (Wildman–Crippen MR) is 93.2 cm³/mol. The van der Waals surface area contributed by atoms with Crippen LogP contribution in [0.2, 0.25) is 0 Å². The molecule has 0 aliphatic heterocycles. The Morgan fingerprint density at radius 1 is 1.04 bits per heavy atom. The number of hydrogen-bond acceptors (Lipinski definition) is 4. The Balaban J connectivity index is 2.16. The van der Waals surface area contributed by atoms with E-state index in [1.54, 1.807) is 24.3 Å².